The number of hydrogen-bond donors (Lipinski definition) is 1. The van der Waals surface area contributed by atoms with Gasteiger partial charge in [-0.05, 0) is 43.6 Å². The van der Waals surface area contributed by atoms with E-state index in [2.05, 4.69) is 48.3 Å². The van der Waals surface area contributed by atoms with Crippen molar-refractivity contribution in [1.82, 2.24) is 10.2 Å². The molecule has 0 heterocycles. The number of hydrogen-bond acceptors (Lipinski definition) is 3. The molecule has 0 aromatic heterocycles. The third kappa shape index (κ3) is 4.84. The number of benzene rings is 1. The van der Waals surface area contributed by atoms with Gasteiger partial charge in [0.1, 0.15) is 12.4 Å². The summed E-state index contributed by atoms with van der Waals surface area (Å²) in [5.41, 5.74) is 1.31. The Balaban J connectivity index is 1.70. The normalized spacial score (nSPS) is 14.9. The van der Waals surface area contributed by atoms with Crippen LogP contribution in [-0.2, 0) is 6.54 Å². The van der Waals surface area contributed by atoms with Crippen molar-refractivity contribution in [2.45, 2.75) is 39.3 Å². The lowest BCUT2D eigenvalue weighted by Gasteiger charge is -2.19. The van der Waals surface area contributed by atoms with Crippen LogP contribution >= 0.6 is 0 Å². The number of likely N-dealkylation sites (N-methyl/N-ethyl adjacent to an activating group) is 1. The fraction of sp³-hybridized carbons (Fsp3) is 0.625. The average Bonchev–Trinajstić information content (AvgIpc) is 3.27. The van der Waals surface area contributed by atoms with Crippen LogP contribution < -0.4 is 10.1 Å². The van der Waals surface area contributed by atoms with E-state index in [0.29, 0.717) is 0 Å². The minimum atomic E-state index is 0.789. The summed E-state index contributed by atoms with van der Waals surface area (Å²) in [7, 11) is 0. The molecule has 0 spiro atoms. The molecule has 1 aliphatic rings. The van der Waals surface area contributed by atoms with E-state index in [1.165, 1.54) is 18.4 Å². The predicted molar refractivity (Wildman–Crippen MR) is 79.6 cm³/mol. The Morgan fingerprint density at radius 2 is 1.95 bits per heavy atom. The molecular formula is C16H26N2O. The van der Waals surface area contributed by atoms with Crippen molar-refractivity contribution >= 4 is 0 Å². The quantitative estimate of drug-likeness (QED) is 0.740. The maximum Gasteiger partial charge on any atom is 0.119 e. The predicted octanol–water partition coefficient (Wildman–Crippen LogP) is 2.66. The van der Waals surface area contributed by atoms with Crippen LogP contribution in [0.4, 0.5) is 0 Å². The van der Waals surface area contributed by atoms with Gasteiger partial charge < -0.3 is 10.1 Å². The molecule has 2 rings (SSSR count). The van der Waals surface area contributed by atoms with Crippen molar-refractivity contribution in [2.75, 3.05) is 26.2 Å². The van der Waals surface area contributed by atoms with Gasteiger partial charge in [0.15, 0.2) is 0 Å². The van der Waals surface area contributed by atoms with E-state index in [1.54, 1.807) is 0 Å². The molecule has 0 atom stereocenters. The van der Waals surface area contributed by atoms with Gasteiger partial charge in [-0.15, -0.1) is 0 Å². The van der Waals surface area contributed by atoms with Crippen LogP contribution in [0.3, 0.4) is 0 Å². The minimum absolute atomic E-state index is 0.789. The van der Waals surface area contributed by atoms with Gasteiger partial charge in [-0.2, -0.15) is 0 Å². The highest BCUT2D eigenvalue weighted by Gasteiger charge is 2.27. The zero-order valence-electron chi connectivity index (χ0n) is 12.2. The largest absolute Gasteiger partial charge is 0.492 e. The molecule has 3 nitrogen and oxygen atoms in total. The highest BCUT2D eigenvalue weighted by Crippen LogP contribution is 2.26. The van der Waals surface area contributed by atoms with Crippen LogP contribution in [0.5, 0.6) is 5.75 Å². The highest BCUT2D eigenvalue weighted by atomic mass is 16.5. The first-order valence-electron chi connectivity index (χ1n) is 7.50. The van der Waals surface area contributed by atoms with Gasteiger partial charge in [0.25, 0.3) is 0 Å². The molecule has 1 aliphatic carbocycles. The number of rotatable bonds is 9. The highest BCUT2D eigenvalue weighted by molar-refractivity contribution is 5.27. The summed E-state index contributed by atoms with van der Waals surface area (Å²) in [5, 5.41) is 3.32. The van der Waals surface area contributed by atoms with Gasteiger partial charge in [-0.3, -0.25) is 4.90 Å². The topological polar surface area (TPSA) is 24.5 Å². The van der Waals surface area contributed by atoms with Crippen LogP contribution in [-0.4, -0.2) is 37.2 Å². The van der Waals surface area contributed by atoms with Crippen molar-refractivity contribution < 1.29 is 4.74 Å². The van der Waals surface area contributed by atoms with Crippen LogP contribution in [0.15, 0.2) is 24.3 Å². The Kier molecular flexibility index (Phi) is 5.67. The van der Waals surface area contributed by atoms with Crippen LogP contribution in [0.25, 0.3) is 0 Å². The first kappa shape index (κ1) is 14.4. The van der Waals surface area contributed by atoms with E-state index < -0.39 is 0 Å². The Morgan fingerprint density at radius 3 is 2.53 bits per heavy atom. The van der Waals surface area contributed by atoms with Gasteiger partial charge in [-0.1, -0.05) is 26.0 Å². The van der Waals surface area contributed by atoms with E-state index in [-0.39, 0.29) is 0 Å². The summed E-state index contributed by atoms with van der Waals surface area (Å²) >= 11 is 0. The lowest BCUT2D eigenvalue weighted by Crippen LogP contribution is -2.30. The number of nitrogens with zero attached hydrogens (tertiary/aromatic N) is 1. The summed E-state index contributed by atoms with van der Waals surface area (Å²) in [6.45, 7) is 9.26. The van der Waals surface area contributed by atoms with E-state index in [1.807, 2.05) is 0 Å². The average molecular weight is 262 g/mol. The Bertz CT molecular complexity index is 360. The van der Waals surface area contributed by atoms with Crippen LogP contribution in [0, 0.1) is 0 Å². The fourth-order valence-electron chi connectivity index (χ4n) is 2.29. The van der Waals surface area contributed by atoms with Crippen molar-refractivity contribution in [3.63, 3.8) is 0 Å². The minimum Gasteiger partial charge on any atom is -0.492 e. The molecule has 0 saturated heterocycles. The van der Waals surface area contributed by atoms with Gasteiger partial charge in [0.2, 0.25) is 0 Å². The molecular weight excluding hydrogens is 236 g/mol. The Labute approximate surface area is 116 Å². The summed E-state index contributed by atoms with van der Waals surface area (Å²) in [5.74, 6) is 0.979. The molecule has 0 unspecified atom stereocenters. The van der Waals surface area contributed by atoms with E-state index in [0.717, 1.165) is 44.6 Å². The third-order valence-corrected chi connectivity index (χ3v) is 3.62. The van der Waals surface area contributed by atoms with E-state index in [9.17, 15) is 0 Å². The third-order valence-electron chi connectivity index (χ3n) is 3.62. The molecule has 0 amide bonds. The van der Waals surface area contributed by atoms with E-state index in [4.69, 9.17) is 4.74 Å². The monoisotopic (exact) mass is 262 g/mol. The SMILES string of the molecule is CCNCc1ccc(OCCN(CC)C2CC2)cc1. The molecule has 1 aromatic carbocycles. The summed E-state index contributed by atoms with van der Waals surface area (Å²) in [6, 6.07) is 9.24. The van der Waals surface area contributed by atoms with Crippen molar-refractivity contribution in [2.24, 2.45) is 0 Å². The zero-order chi connectivity index (χ0) is 13.5. The second kappa shape index (κ2) is 7.51. The molecule has 19 heavy (non-hydrogen) atoms. The molecule has 106 valence electrons. The van der Waals surface area contributed by atoms with Crippen molar-refractivity contribution in [1.29, 1.82) is 0 Å². The van der Waals surface area contributed by atoms with E-state index >= 15 is 0 Å². The molecule has 1 saturated carbocycles. The fourth-order valence-corrected chi connectivity index (χ4v) is 2.29. The molecule has 0 bridgehead atoms. The Morgan fingerprint density at radius 1 is 1.21 bits per heavy atom. The molecule has 1 aromatic rings. The molecule has 1 N–H and O–H groups in total. The maximum absolute atomic E-state index is 5.81. The zero-order valence-corrected chi connectivity index (χ0v) is 12.2. The standard InChI is InChI=1S/C16H26N2O/c1-3-17-13-14-5-9-16(10-6-14)19-12-11-18(4-2)15-7-8-15/h5-6,9-10,15,17H,3-4,7-8,11-13H2,1-2H3. The molecule has 3 heteroatoms. The Hall–Kier alpha value is -1.06. The van der Waals surface area contributed by atoms with Crippen molar-refractivity contribution in [3.8, 4) is 5.75 Å². The van der Waals surface area contributed by atoms with Crippen LogP contribution in [0.2, 0.25) is 0 Å². The molecule has 1 fully saturated rings. The number of ether oxygens (including phenoxy) is 1. The second-order valence-corrected chi connectivity index (χ2v) is 5.13. The summed E-state index contributed by atoms with van der Waals surface area (Å²) in [4.78, 5) is 2.51. The second-order valence-electron chi connectivity index (χ2n) is 5.13. The summed E-state index contributed by atoms with van der Waals surface area (Å²) in [6.07, 6.45) is 2.74. The first-order chi connectivity index (χ1) is 9.33. The van der Waals surface area contributed by atoms with Gasteiger partial charge >= 0.3 is 0 Å². The van der Waals surface area contributed by atoms with Gasteiger partial charge in [-0.25, -0.2) is 0 Å². The van der Waals surface area contributed by atoms with Gasteiger partial charge in [0, 0.05) is 19.1 Å². The summed E-state index contributed by atoms with van der Waals surface area (Å²) < 4.78 is 5.81. The maximum atomic E-state index is 5.81. The van der Waals surface area contributed by atoms with Crippen LogP contribution in [0.1, 0.15) is 32.3 Å². The lowest BCUT2D eigenvalue weighted by atomic mass is 10.2. The molecule has 0 radical (unpaired) electrons. The smallest absolute Gasteiger partial charge is 0.119 e. The molecule has 0 aliphatic heterocycles. The first-order valence-corrected chi connectivity index (χ1v) is 7.50. The van der Waals surface area contributed by atoms with Gasteiger partial charge in [0.05, 0.1) is 0 Å². The number of nitrogens with one attached hydrogen (secondary N) is 1. The lowest BCUT2D eigenvalue weighted by molar-refractivity contribution is 0.209. The van der Waals surface area contributed by atoms with Crippen molar-refractivity contribution in [3.05, 3.63) is 29.8 Å².